The van der Waals surface area contributed by atoms with E-state index in [4.69, 9.17) is 14.6 Å². The van der Waals surface area contributed by atoms with Gasteiger partial charge in [0.15, 0.2) is 6.61 Å². The first-order chi connectivity index (χ1) is 19.0. The fourth-order valence-electron chi connectivity index (χ4n) is 3.72. The maximum Gasteiger partial charge on any atom is 0.341 e. The van der Waals surface area contributed by atoms with E-state index in [1.54, 1.807) is 49.9 Å². The second kappa shape index (κ2) is 13.4. The van der Waals surface area contributed by atoms with Crippen LogP contribution in [0.2, 0.25) is 0 Å². The normalized spacial score (nSPS) is 10.3. The minimum atomic E-state index is -0.996. The number of carboxylic acids is 1. The molecule has 39 heavy (non-hydrogen) atoms. The Kier molecular flexibility index (Phi) is 9.22. The molecule has 0 atom stereocenters. The molecule has 0 spiro atoms. The number of rotatable bonds is 10. The first-order valence-electron chi connectivity index (χ1n) is 12.2. The molecule has 0 bridgehead atoms. The number of imidazole rings is 1. The van der Waals surface area contributed by atoms with Crippen molar-refractivity contribution in [2.24, 2.45) is 0 Å². The number of hydrogen-bond donors (Lipinski definition) is 2. The molecule has 9 heteroatoms. The molecule has 0 aliphatic carbocycles. The van der Waals surface area contributed by atoms with Gasteiger partial charge in [0.05, 0.1) is 23.2 Å². The minimum absolute atomic E-state index is 0.352. The minimum Gasteiger partial charge on any atom is -0.487 e. The van der Waals surface area contributed by atoms with Crippen LogP contribution in [0.25, 0.3) is 10.9 Å². The molecule has 0 unspecified atom stereocenters. The third-order valence-electron chi connectivity index (χ3n) is 5.65. The smallest absolute Gasteiger partial charge is 0.341 e. The van der Waals surface area contributed by atoms with E-state index in [2.05, 4.69) is 15.3 Å². The van der Waals surface area contributed by atoms with Crippen molar-refractivity contribution in [3.05, 3.63) is 114 Å². The van der Waals surface area contributed by atoms with Crippen molar-refractivity contribution in [3.63, 3.8) is 0 Å². The van der Waals surface area contributed by atoms with Gasteiger partial charge in [-0.3, -0.25) is 4.79 Å². The zero-order valence-electron chi connectivity index (χ0n) is 21.4. The summed E-state index contributed by atoms with van der Waals surface area (Å²) in [5.41, 5.74) is 4.32. The van der Waals surface area contributed by atoms with E-state index < -0.39 is 5.97 Å². The van der Waals surface area contributed by atoms with Gasteiger partial charge < -0.3 is 24.5 Å². The van der Waals surface area contributed by atoms with Gasteiger partial charge in [-0.1, -0.05) is 30.3 Å². The number of nitrogens with zero attached hydrogens (tertiary/aromatic N) is 3. The number of para-hydroxylation sites is 1. The third-order valence-corrected chi connectivity index (χ3v) is 5.65. The summed E-state index contributed by atoms with van der Waals surface area (Å²) in [5, 5.41) is 12.7. The van der Waals surface area contributed by atoms with Gasteiger partial charge in [0.1, 0.15) is 24.4 Å². The molecular weight excluding hydrogens is 496 g/mol. The topological polar surface area (TPSA) is 116 Å². The largest absolute Gasteiger partial charge is 0.487 e. The molecule has 2 heterocycles. The standard InChI is InChI=1S/C17H13NO2.C13H15N3O3/c19-11-13-5-9-16(10-6-13)20-12-15-8-7-14-3-1-2-4-17(14)18-15;1-14-11-6-10(7-16-5-4-15-9-16)2-3-12(11)19-8-13(17)18/h1-11H,12H2;2-6,9,14H,7-8H2,1H3,(H,17,18). The van der Waals surface area contributed by atoms with Gasteiger partial charge in [0.2, 0.25) is 0 Å². The van der Waals surface area contributed by atoms with Crippen molar-refractivity contribution in [1.29, 1.82) is 0 Å². The lowest BCUT2D eigenvalue weighted by atomic mass is 10.2. The van der Waals surface area contributed by atoms with E-state index in [1.165, 1.54) is 0 Å². The summed E-state index contributed by atoms with van der Waals surface area (Å²) in [5.74, 6) is 0.259. The Morgan fingerprint density at radius 3 is 2.56 bits per heavy atom. The van der Waals surface area contributed by atoms with Crippen molar-refractivity contribution < 1.29 is 24.2 Å². The zero-order valence-corrected chi connectivity index (χ0v) is 21.4. The quantitative estimate of drug-likeness (QED) is 0.244. The number of pyridine rings is 1. The van der Waals surface area contributed by atoms with E-state index in [-0.39, 0.29) is 6.61 Å². The molecule has 5 aromatic rings. The van der Waals surface area contributed by atoms with E-state index in [0.29, 0.717) is 24.5 Å². The first kappa shape index (κ1) is 26.9. The van der Waals surface area contributed by atoms with Crippen molar-refractivity contribution in [1.82, 2.24) is 14.5 Å². The number of aromatic nitrogens is 3. The lowest BCUT2D eigenvalue weighted by Crippen LogP contribution is -2.10. The summed E-state index contributed by atoms with van der Waals surface area (Å²) in [6.07, 6.45) is 6.17. The molecular formula is C30H28N4O5. The van der Waals surface area contributed by atoms with Crippen LogP contribution >= 0.6 is 0 Å². The Labute approximate surface area is 225 Å². The highest BCUT2D eigenvalue weighted by Gasteiger charge is 2.07. The number of carbonyl (C=O) groups is 2. The van der Waals surface area contributed by atoms with Crippen LogP contribution < -0.4 is 14.8 Å². The number of fused-ring (bicyclic) bond motifs is 1. The summed E-state index contributed by atoms with van der Waals surface area (Å²) >= 11 is 0. The van der Waals surface area contributed by atoms with Gasteiger partial charge >= 0.3 is 5.97 Å². The van der Waals surface area contributed by atoms with Crippen molar-refractivity contribution in [2.45, 2.75) is 13.2 Å². The molecule has 5 rings (SSSR count). The number of benzene rings is 3. The molecule has 0 amide bonds. The number of hydrogen-bond acceptors (Lipinski definition) is 7. The lowest BCUT2D eigenvalue weighted by Gasteiger charge is -2.12. The molecule has 0 saturated carbocycles. The second-order valence-electron chi connectivity index (χ2n) is 8.47. The van der Waals surface area contributed by atoms with Gasteiger partial charge in [-0.15, -0.1) is 0 Å². The van der Waals surface area contributed by atoms with E-state index in [1.807, 2.05) is 59.3 Å². The van der Waals surface area contributed by atoms with Crippen LogP contribution in [0.4, 0.5) is 5.69 Å². The lowest BCUT2D eigenvalue weighted by molar-refractivity contribution is -0.139. The highest BCUT2D eigenvalue weighted by molar-refractivity contribution is 5.78. The predicted octanol–water partition coefficient (Wildman–Crippen LogP) is 5.06. The number of nitrogens with one attached hydrogen (secondary N) is 1. The molecule has 0 radical (unpaired) electrons. The summed E-state index contributed by atoms with van der Waals surface area (Å²) in [6.45, 7) is 0.759. The van der Waals surface area contributed by atoms with Crippen LogP contribution in [0, 0.1) is 0 Å². The summed E-state index contributed by atoms with van der Waals surface area (Å²) in [4.78, 5) is 29.6. The third kappa shape index (κ3) is 7.90. The van der Waals surface area contributed by atoms with Crippen LogP contribution in [0.5, 0.6) is 11.5 Å². The summed E-state index contributed by atoms with van der Waals surface area (Å²) in [6, 6.07) is 24.6. The molecule has 9 nitrogen and oxygen atoms in total. The fraction of sp³-hybridized carbons (Fsp3) is 0.133. The molecule has 198 valence electrons. The van der Waals surface area contributed by atoms with E-state index >= 15 is 0 Å². The summed E-state index contributed by atoms with van der Waals surface area (Å²) in [7, 11) is 1.77. The molecule has 2 N–H and O–H groups in total. The maximum atomic E-state index is 10.6. The summed E-state index contributed by atoms with van der Waals surface area (Å²) < 4.78 is 12.8. The van der Waals surface area contributed by atoms with Crippen LogP contribution in [-0.4, -0.2) is 45.6 Å². The van der Waals surface area contributed by atoms with Crippen molar-refractivity contribution in [3.8, 4) is 11.5 Å². The second-order valence-corrected chi connectivity index (χ2v) is 8.47. The Morgan fingerprint density at radius 1 is 1.03 bits per heavy atom. The molecule has 0 saturated heterocycles. The Bertz CT molecular complexity index is 1520. The predicted molar refractivity (Wildman–Crippen MR) is 148 cm³/mol. The van der Waals surface area contributed by atoms with Crippen LogP contribution in [0.1, 0.15) is 21.6 Å². The van der Waals surface area contributed by atoms with Gasteiger partial charge in [-0.25, -0.2) is 14.8 Å². The maximum absolute atomic E-state index is 10.6. The molecule has 0 fully saturated rings. The Morgan fingerprint density at radius 2 is 1.85 bits per heavy atom. The van der Waals surface area contributed by atoms with E-state index in [0.717, 1.165) is 39.9 Å². The first-order valence-corrected chi connectivity index (χ1v) is 12.2. The number of aldehydes is 1. The van der Waals surface area contributed by atoms with Crippen molar-refractivity contribution >= 4 is 28.8 Å². The number of carboxylic acid groups (broad SMARTS) is 1. The van der Waals surface area contributed by atoms with Gasteiger partial charge in [0.25, 0.3) is 0 Å². The molecule has 3 aromatic carbocycles. The van der Waals surface area contributed by atoms with Crippen LogP contribution in [-0.2, 0) is 17.9 Å². The average molecular weight is 525 g/mol. The Hall–Kier alpha value is -5.18. The monoisotopic (exact) mass is 524 g/mol. The highest BCUT2D eigenvalue weighted by Crippen LogP contribution is 2.25. The van der Waals surface area contributed by atoms with Gasteiger partial charge in [0, 0.05) is 36.9 Å². The Balaban J connectivity index is 0.000000181. The van der Waals surface area contributed by atoms with Crippen LogP contribution in [0.3, 0.4) is 0 Å². The SMILES string of the molecule is CNc1cc(Cn2ccnc2)ccc1OCC(=O)O.O=Cc1ccc(OCc2ccc3ccccc3n2)cc1. The molecule has 2 aromatic heterocycles. The molecule has 0 aliphatic heterocycles. The fourth-order valence-corrected chi connectivity index (χ4v) is 3.72. The van der Waals surface area contributed by atoms with E-state index in [9.17, 15) is 9.59 Å². The number of ether oxygens (including phenoxy) is 2. The van der Waals surface area contributed by atoms with Gasteiger partial charge in [-0.2, -0.15) is 0 Å². The number of aliphatic carboxylic acids is 1. The number of anilines is 1. The molecule has 0 aliphatic rings. The highest BCUT2D eigenvalue weighted by atomic mass is 16.5. The van der Waals surface area contributed by atoms with Crippen molar-refractivity contribution in [2.75, 3.05) is 19.0 Å². The van der Waals surface area contributed by atoms with Crippen LogP contribution in [0.15, 0.2) is 97.6 Å². The van der Waals surface area contributed by atoms with Gasteiger partial charge in [-0.05, 0) is 54.1 Å². The number of carbonyl (C=O) groups excluding carboxylic acids is 1. The zero-order chi connectivity index (χ0) is 27.5. The average Bonchev–Trinajstić information content (AvgIpc) is 3.49.